The van der Waals surface area contributed by atoms with Crippen LogP contribution >= 0.6 is 23.8 Å². The Morgan fingerprint density at radius 1 is 1.40 bits per heavy atom. The summed E-state index contributed by atoms with van der Waals surface area (Å²) in [4.78, 5) is 13.1. The molecular weight excluding hydrogens is 234 g/mol. The van der Waals surface area contributed by atoms with Crippen molar-refractivity contribution >= 4 is 40.6 Å². The molecule has 0 saturated carbocycles. The molecule has 1 atom stereocenters. The van der Waals surface area contributed by atoms with Gasteiger partial charge >= 0.3 is 0 Å². The summed E-state index contributed by atoms with van der Waals surface area (Å²) in [7, 11) is 0. The van der Waals surface area contributed by atoms with Gasteiger partial charge in [-0.25, -0.2) is 4.90 Å². The maximum absolute atomic E-state index is 11.7. The molecule has 0 radical (unpaired) electrons. The van der Waals surface area contributed by atoms with Crippen molar-refractivity contribution in [3.63, 3.8) is 0 Å². The fraction of sp³-hybridized carbons (Fsp3) is 0.200. The number of anilines is 1. The van der Waals surface area contributed by atoms with Crippen molar-refractivity contribution in [3.8, 4) is 0 Å². The molecule has 0 spiro atoms. The number of amides is 1. The van der Waals surface area contributed by atoms with Gasteiger partial charge in [-0.3, -0.25) is 4.79 Å². The minimum absolute atomic E-state index is 0.151. The largest absolute Gasteiger partial charge is 0.457 e. The first kappa shape index (κ1) is 10.4. The van der Waals surface area contributed by atoms with E-state index >= 15 is 0 Å². The first-order chi connectivity index (χ1) is 7.09. The van der Waals surface area contributed by atoms with E-state index in [2.05, 4.69) is 0 Å². The fourth-order valence-electron chi connectivity index (χ4n) is 1.35. The Hall–Kier alpha value is -1.13. The smallest absolute Gasteiger partial charge is 0.275 e. The van der Waals surface area contributed by atoms with Crippen molar-refractivity contribution in [2.75, 3.05) is 4.90 Å². The molecule has 2 rings (SSSR count). The highest BCUT2D eigenvalue weighted by Gasteiger charge is 2.35. The normalized spacial score (nSPS) is 20.7. The Labute approximate surface area is 97.6 Å². The van der Waals surface area contributed by atoms with Crippen LogP contribution in [0.5, 0.6) is 0 Å². The molecule has 0 aromatic heterocycles. The number of carbonyl (C=O) groups is 1. The van der Waals surface area contributed by atoms with E-state index in [1.807, 2.05) is 0 Å². The van der Waals surface area contributed by atoms with Gasteiger partial charge in [-0.2, -0.15) is 0 Å². The van der Waals surface area contributed by atoms with Crippen molar-refractivity contribution in [2.24, 2.45) is 0 Å². The van der Waals surface area contributed by atoms with E-state index in [0.29, 0.717) is 10.7 Å². The van der Waals surface area contributed by atoms with Crippen LogP contribution in [0.4, 0.5) is 5.69 Å². The van der Waals surface area contributed by atoms with Crippen molar-refractivity contribution in [3.05, 3.63) is 29.3 Å². The summed E-state index contributed by atoms with van der Waals surface area (Å²) in [6.45, 7) is 1.67. The van der Waals surface area contributed by atoms with Crippen LogP contribution in [-0.2, 0) is 9.53 Å². The highest BCUT2D eigenvalue weighted by Crippen LogP contribution is 2.24. The van der Waals surface area contributed by atoms with Gasteiger partial charge in [0.15, 0.2) is 6.10 Å². The number of carbonyl (C=O) groups excluding carboxylic acids is 1. The average Bonchev–Trinajstić information content (AvgIpc) is 2.44. The third-order valence-corrected chi connectivity index (χ3v) is 2.64. The number of thiocarbonyl (C=S) groups is 1. The van der Waals surface area contributed by atoms with E-state index in [1.165, 1.54) is 4.90 Å². The Morgan fingerprint density at radius 3 is 2.47 bits per heavy atom. The Bertz CT molecular complexity index is 418. The number of nitrogens with zero attached hydrogens (tertiary/aromatic N) is 1. The van der Waals surface area contributed by atoms with Gasteiger partial charge < -0.3 is 4.74 Å². The molecular formula is C10H8ClNO2S. The van der Waals surface area contributed by atoms with E-state index in [1.54, 1.807) is 31.2 Å². The van der Waals surface area contributed by atoms with Gasteiger partial charge in [-0.05, 0) is 43.4 Å². The van der Waals surface area contributed by atoms with Crippen LogP contribution in [0.3, 0.4) is 0 Å². The summed E-state index contributed by atoms with van der Waals surface area (Å²) in [6.07, 6.45) is -0.506. The molecule has 1 amide bonds. The molecule has 15 heavy (non-hydrogen) atoms. The van der Waals surface area contributed by atoms with Crippen molar-refractivity contribution in [1.29, 1.82) is 0 Å². The fourth-order valence-corrected chi connectivity index (χ4v) is 1.81. The average molecular weight is 242 g/mol. The van der Waals surface area contributed by atoms with Crippen LogP contribution in [0.15, 0.2) is 24.3 Å². The van der Waals surface area contributed by atoms with Gasteiger partial charge in [0.2, 0.25) is 0 Å². The van der Waals surface area contributed by atoms with E-state index < -0.39 is 6.10 Å². The Balaban J connectivity index is 2.35. The highest BCUT2D eigenvalue weighted by atomic mass is 35.5. The SMILES string of the molecule is CC1OC(=S)N(c2ccc(Cl)cc2)C1=O. The summed E-state index contributed by atoms with van der Waals surface area (Å²) in [5.74, 6) is -0.151. The molecule has 1 aliphatic rings. The summed E-state index contributed by atoms with van der Waals surface area (Å²) in [5.41, 5.74) is 0.679. The molecule has 1 aromatic carbocycles. The van der Waals surface area contributed by atoms with E-state index in [9.17, 15) is 4.79 Å². The second kappa shape index (κ2) is 3.79. The minimum atomic E-state index is -0.506. The zero-order valence-electron chi connectivity index (χ0n) is 7.94. The molecule has 1 fully saturated rings. The molecule has 1 aliphatic heterocycles. The standard InChI is InChI=1S/C10H8ClNO2S/c1-6-9(13)12(10(15)14-6)8-4-2-7(11)3-5-8/h2-6H,1H3. The van der Waals surface area contributed by atoms with Gasteiger partial charge in [-0.15, -0.1) is 0 Å². The lowest BCUT2D eigenvalue weighted by Crippen LogP contribution is -2.30. The quantitative estimate of drug-likeness (QED) is 0.707. The summed E-state index contributed by atoms with van der Waals surface area (Å²) in [5, 5.41) is 0.806. The molecule has 0 N–H and O–H groups in total. The Morgan fingerprint density at radius 2 is 2.00 bits per heavy atom. The van der Waals surface area contributed by atoms with Crippen molar-refractivity contribution in [2.45, 2.75) is 13.0 Å². The second-order valence-electron chi connectivity index (χ2n) is 3.18. The van der Waals surface area contributed by atoms with Gasteiger partial charge in [-0.1, -0.05) is 11.6 Å². The maximum Gasteiger partial charge on any atom is 0.275 e. The van der Waals surface area contributed by atoms with Gasteiger partial charge in [0, 0.05) is 5.02 Å². The molecule has 3 nitrogen and oxygen atoms in total. The van der Waals surface area contributed by atoms with E-state index in [-0.39, 0.29) is 11.1 Å². The lowest BCUT2D eigenvalue weighted by atomic mass is 10.3. The molecule has 1 aromatic rings. The predicted molar refractivity (Wildman–Crippen MR) is 62.1 cm³/mol. The molecule has 78 valence electrons. The molecule has 5 heteroatoms. The van der Waals surface area contributed by atoms with E-state index in [4.69, 9.17) is 28.6 Å². The van der Waals surface area contributed by atoms with Gasteiger partial charge in [0.25, 0.3) is 11.1 Å². The van der Waals surface area contributed by atoms with Gasteiger partial charge in [0.05, 0.1) is 5.69 Å². The molecule has 1 saturated heterocycles. The topological polar surface area (TPSA) is 29.5 Å². The summed E-state index contributed by atoms with van der Waals surface area (Å²) >= 11 is 10.7. The van der Waals surface area contributed by atoms with Crippen LogP contribution in [0.1, 0.15) is 6.92 Å². The lowest BCUT2D eigenvalue weighted by molar-refractivity contribution is -0.121. The van der Waals surface area contributed by atoms with Crippen LogP contribution in [0.25, 0.3) is 0 Å². The first-order valence-corrected chi connectivity index (χ1v) is 5.18. The second-order valence-corrected chi connectivity index (χ2v) is 3.96. The lowest BCUT2D eigenvalue weighted by Gasteiger charge is -2.12. The van der Waals surface area contributed by atoms with Crippen molar-refractivity contribution < 1.29 is 9.53 Å². The monoisotopic (exact) mass is 241 g/mol. The summed E-state index contributed by atoms with van der Waals surface area (Å²) < 4.78 is 5.15. The Kier molecular flexibility index (Phi) is 2.63. The van der Waals surface area contributed by atoms with Crippen LogP contribution < -0.4 is 4.90 Å². The number of hydrogen-bond donors (Lipinski definition) is 0. The predicted octanol–water partition coefficient (Wildman–Crippen LogP) is 2.38. The molecule has 0 bridgehead atoms. The maximum atomic E-state index is 11.7. The van der Waals surface area contributed by atoms with Crippen LogP contribution in [0, 0.1) is 0 Å². The number of rotatable bonds is 1. The number of ether oxygens (including phenoxy) is 1. The van der Waals surface area contributed by atoms with E-state index in [0.717, 1.165) is 0 Å². The zero-order valence-corrected chi connectivity index (χ0v) is 9.51. The van der Waals surface area contributed by atoms with Crippen LogP contribution in [-0.4, -0.2) is 17.2 Å². The first-order valence-electron chi connectivity index (χ1n) is 4.40. The molecule has 0 aliphatic carbocycles. The third-order valence-electron chi connectivity index (χ3n) is 2.11. The third kappa shape index (κ3) is 1.82. The molecule has 1 unspecified atom stereocenters. The van der Waals surface area contributed by atoms with Crippen molar-refractivity contribution in [1.82, 2.24) is 0 Å². The van der Waals surface area contributed by atoms with Crippen LogP contribution in [0.2, 0.25) is 5.02 Å². The number of benzene rings is 1. The number of hydrogen-bond acceptors (Lipinski definition) is 3. The van der Waals surface area contributed by atoms with Gasteiger partial charge in [0.1, 0.15) is 0 Å². The molecule has 1 heterocycles. The minimum Gasteiger partial charge on any atom is -0.457 e. The highest BCUT2D eigenvalue weighted by molar-refractivity contribution is 7.80. The number of halogens is 1. The zero-order chi connectivity index (χ0) is 11.0. The summed E-state index contributed by atoms with van der Waals surface area (Å²) in [6, 6.07) is 6.87.